The van der Waals surface area contributed by atoms with Gasteiger partial charge in [-0.15, -0.1) is 0 Å². The third-order valence-electron chi connectivity index (χ3n) is 3.91. The summed E-state index contributed by atoms with van der Waals surface area (Å²) in [5, 5.41) is 10.7. The van der Waals surface area contributed by atoms with Gasteiger partial charge in [0.15, 0.2) is 0 Å². The minimum Gasteiger partial charge on any atom is -0.380 e. The molecule has 3 rings (SSSR count). The van der Waals surface area contributed by atoms with E-state index in [2.05, 4.69) is 17.1 Å². The van der Waals surface area contributed by atoms with Crippen LogP contribution in [0.5, 0.6) is 0 Å². The molecule has 1 aromatic heterocycles. The van der Waals surface area contributed by atoms with Gasteiger partial charge in [-0.05, 0) is 23.3 Å². The van der Waals surface area contributed by atoms with Crippen LogP contribution in [0.25, 0.3) is 0 Å². The van der Waals surface area contributed by atoms with Gasteiger partial charge < -0.3 is 14.6 Å². The Bertz CT molecular complexity index is 748. The normalized spacial score (nSPS) is 12.1. The fourth-order valence-corrected chi connectivity index (χ4v) is 2.59. The molecule has 0 radical (unpaired) electrons. The second kappa shape index (κ2) is 6.67. The standard InChI is InChI=1S/C19H21N3O/c1-21(2)17-10-8-16(9-11-17)18(23)19-20-12-13-22(19)14-15-6-4-3-5-7-15/h3-13,18,23H,14H2,1-2H3/t18-/m0/s1. The number of hydrogen-bond donors (Lipinski definition) is 1. The van der Waals surface area contributed by atoms with Crippen LogP contribution in [0.2, 0.25) is 0 Å². The van der Waals surface area contributed by atoms with Crippen molar-refractivity contribution in [2.24, 2.45) is 0 Å². The molecule has 0 unspecified atom stereocenters. The second-order valence-corrected chi connectivity index (χ2v) is 5.79. The SMILES string of the molecule is CN(C)c1ccc([C@H](O)c2nccn2Cc2ccccc2)cc1. The number of anilines is 1. The van der Waals surface area contributed by atoms with E-state index in [0.717, 1.165) is 11.3 Å². The Balaban J connectivity index is 1.83. The Morgan fingerprint density at radius 1 is 1.04 bits per heavy atom. The van der Waals surface area contributed by atoms with E-state index in [-0.39, 0.29) is 0 Å². The van der Waals surface area contributed by atoms with Crippen molar-refractivity contribution in [2.45, 2.75) is 12.6 Å². The monoisotopic (exact) mass is 307 g/mol. The zero-order valence-electron chi connectivity index (χ0n) is 13.4. The quantitative estimate of drug-likeness (QED) is 0.787. The van der Waals surface area contributed by atoms with Gasteiger partial charge in [0.2, 0.25) is 0 Å². The van der Waals surface area contributed by atoms with Crippen molar-refractivity contribution < 1.29 is 5.11 Å². The summed E-state index contributed by atoms with van der Waals surface area (Å²) in [5.74, 6) is 0.659. The molecule has 1 heterocycles. The molecule has 1 N–H and O–H groups in total. The summed E-state index contributed by atoms with van der Waals surface area (Å²) in [6.07, 6.45) is 2.90. The molecule has 4 nitrogen and oxygen atoms in total. The summed E-state index contributed by atoms with van der Waals surface area (Å²) in [5.41, 5.74) is 3.13. The van der Waals surface area contributed by atoms with E-state index < -0.39 is 6.10 Å². The van der Waals surface area contributed by atoms with Crippen LogP contribution in [0.4, 0.5) is 5.69 Å². The van der Waals surface area contributed by atoms with Crippen molar-refractivity contribution >= 4 is 5.69 Å². The van der Waals surface area contributed by atoms with Crippen LogP contribution in [0.1, 0.15) is 23.1 Å². The summed E-state index contributed by atoms with van der Waals surface area (Å²) >= 11 is 0. The van der Waals surface area contributed by atoms with Crippen LogP contribution in [0, 0.1) is 0 Å². The number of hydrogen-bond acceptors (Lipinski definition) is 3. The first-order chi connectivity index (χ1) is 11.1. The topological polar surface area (TPSA) is 41.3 Å². The molecule has 1 atom stereocenters. The van der Waals surface area contributed by atoms with E-state index in [1.54, 1.807) is 6.20 Å². The Kier molecular flexibility index (Phi) is 4.44. The molecular formula is C19H21N3O. The van der Waals surface area contributed by atoms with E-state index in [9.17, 15) is 5.11 Å². The van der Waals surface area contributed by atoms with E-state index in [1.165, 1.54) is 5.56 Å². The van der Waals surface area contributed by atoms with E-state index in [1.807, 2.05) is 72.2 Å². The molecule has 0 amide bonds. The van der Waals surface area contributed by atoms with Gasteiger partial charge in [0.25, 0.3) is 0 Å². The third kappa shape index (κ3) is 3.43. The van der Waals surface area contributed by atoms with Gasteiger partial charge in [-0.1, -0.05) is 42.5 Å². The predicted octanol–water partition coefficient (Wildman–Crippen LogP) is 3.08. The molecule has 0 aliphatic carbocycles. The summed E-state index contributed by atoms with van der Waals surface area (Å²) in [6.45, 7) is 0.697. The van der Waals surface area contributed by atoms with Gasteiger partial charge in [0, 0.05) is 38.7 Å². The molecule has 0 saturated heterocycles. The first kappa shape index (κ1) is 15.3. The zero-order chi connectivity index (χ0) is 16.2. The van der Waals surface area contributed by atoms with Crippen molar-refractivity contribution in [1.29, 1.82) is 0 Å². The Hall–Kier alpha value is -2.59. The highest BCUT2D eigenvalue weighted by molar-refractivity contribution is 5.46. The summed E-state index contributed by atoms with van der Waals surface area (Å²) in [6, 6.07) is 18.1. The number of aliphatic hydroxyl groups is 1. The van der Waals surface area contributed by atoms with Crippen LogP contribution in [0.15, 0.2) is 67.0 Å². The summed E-state index contributed by atoms with van der Waals surface area (Å²) < 4.78 is 1.99. The molecule has 0 fully saturated rings. The van der Waals surface area contributed by atoms with E-state index in [4.69, 9.17) is 0 Å². The van der Waals surface area contributed by atoms with Gasteiger partial charge >= 0.3 is 0 Å². The van der Waals surface area contributed by atoms with Crippen LogP contribution < -0.4 is 4.90 Å². The molecule has 0 spiro atoms. The average molecular weight is 307 g/mol. The lowest BCUT2D eigenvalue weighted by Crippen LogP contribution is -2.11. The highest BCUT2D eigenvalue weighted by atomic mass is 16.3. The second-order valence-electron chi connectivity index (χ2n) is 5.79. The molecule has 0 aliphatic heterocycles. The van der Waals surface area contributed by atoms with Crippen LogP contribution in [-0.4, -0.2) is 28.8 Å². The summed E-state index contributed by atoms with van der Waals surface area (Å²) in [7, 11) is 4.00. The number of imidazole rings is 1. The lowest BCUT2D eigenvalue weighted by atomic mass is 10.1. The van der Waals surface area contributed by atoms with E-state index in [0.29, 0.717) is 12.4 Å². The minimum absolute atomic E-state index is 0.659. The van der Waals surface area contributed by atoms with Crippen molar-refractivity contribution in [3.05, 3.63) is 83.9 Å². The van der Waals surface area contributed by atoms with Gasteiger partial charge in [-0.2, -0.15) is 0 Å². The zero-order valence-corrected chi connectivity index (χ0v) is 13.4. The van der Waals surface area contributed by atoms with Gasteiger partial charge in [-0.3, -0.25) is 0 Å². The molecule has 0 bridgehead atoms. The highest BCUT2D eigenvalue weighted by Gasteiger charge is 2.16. The van der Waals surface area contributed by atoms with E-state index >= 15 is 0 Å². The van der Waals surface area contributed by atoms with Crippen LogP contribution >= 0.6 is 0 Å². The average Bonchev–Trinajstić information content (AvgIpc) is 3.03. The van der Waals surface area contributed by atoms with Crippen LogP contribution in [0.3, 0.4) is 0 Å². The number of nitrogens with zero attached hydrogens (tertiary/aromatic N) is 3. The molecule has 23 heavy (non-hydrogen) atoms. The highest BCUT2D eigenvalue weighted by Crippen LogP contribution is 2.23. The van der Waals surface area contributed by atoms with Gasteiger partial charge in [0.05, 0.1) is 0 Å². The Morgan fingerprint density at radius 2 is 1.74 bits per heavy atom. The largest absolute Gasteiger partial charge is 0.380 e. The number of benzene rings is 2. The maximum Gasteiger partial charge on any atom is 0.142 e. The third-order valence-corrected chi connectivity index (χ3v) is 3.91. The maximum atomic E-state index is 10.7. The minimum atomic E-state index is -0.732. The first-order valence-electron chi connectivity index (χ1n) is 7.65. The van der Waals surface area contributed by atoms with Crippen molar-refractivity contribution in [3.63, 3.8) is 0 Å². The first-order valence-corrected chi connectivity index (χ1v) is 7.65. The van der Waals surface area contributed by atoms with Crippen LogP contribution in [-0.2, 0) is 6.54 Å². The van der Waals surface area contributed by atoms with Gasteiger partial charge in [-0.25, -0.2) is 4.98 Å². The van der Waals surface area contributed by atoms with Gasteiger partial charge in [0.1, 0.15) is 11.9 Å². The smallest absolute Gasteiger partial charge is 0.142 e. The number of rotatable bonds is 5. The Morgan fingerprint density at radius 3 is 2.39 bits per heavy atom. The van der Waals surface area contributed by atoms with Crippen molar-refractivity contribution in [1.82, 2.24) is 9.55 Å². The lowest BCUT2D eigenvalue weighted by molar-refractivity contribution is 0.205. The number of aliphatic hydroxyl groups excluding tert-OH is 1. The maximum absolute atomic E-state index is 10.7. The molecule has 0 saturated carbocycles. The van der Waals surface area contributed by atoms with Crippen molar-refractivity contribution in [3.8, 4) is 0 Å². The van der Waals surface area contributed by atoms with Crippen molar-refractivity contribution in [2.75, 3.05) is 19.0 Å². The lowest BCUT2D eigenvalue weighted by Gasteiger charge is -2.16. The Labute approximate surface area is 136 Å². The molecule has 2 aromatic carbocycles. The summed E-state index contributed by atoms with van der Waals surface area (Å²) in [4.78, 5) is 6.38. The molecule has 4 heteroatoms. The predicted molar refractivity (Wildman–Crippen MR) is 92.6 cm³/mol. The molecule has 118 valence electrons. The number of aromatic nitrogens is 2. The molecular weight excluding hydrogens is 286 g/mol. The fraction of sp³-hybridized carbons (Fsp3) is 0.211. The molecule has 0 aliphatic rings. The fourth-order valence-electron chi connectivity index (χ4n) is 2.59. The molecule has 3 aromatic rings.